The highest BCUT2D eigenvalue weighted by atomic mass is 79.9. The Morgan fingerprint density at radius 2 is 2.09 bits per heavy atom. The van der Waals surface area contributed by atoms with Gasteiger partial charge in [0.1, 0.15) is 11.8 Å². The molecule has 0 amide bonds. The molecule has 22 heavy (non-hydrogen) atoms. The van der Waals surface area contributed by atoms with E-state index >= 15 is 0 Å². The zero-order chi connectivity index (χ0) is 14.9. The molecule has 2 heterocycles. The van der Waals surface area contributed by atoms with E-state index < -0.39 is 0 Å². The summed E-state index contributed by atoms with van der Waals surface area (Å²) in [5, 5.41) is 3.57. The SMILES string of the molecule is Brc1ccc2c(c1)C(Nc1ncnc3cccnc13)CCC2. The highest BCUT2D eigenvalue weighted by Crippen LogP contribution is 2.34. The molecule has 5 heteroatoms. The number of pyridine rings is 1. The van der Waals surface area contributed by atoms with Crippen molar-refractivity contribution in [3.8, 4) is 0 Å². The summed E-state index contributed by atoms with van der Waals surface area (Å²) in [5.74, 6) is 0.809. The van der Waals surface area contributed by atoms with Crippen LogP contribution in [0.5, 0.6) is 0 Å². The van der Waals surface area contributed by atoms with Gasteiger partial charge in [-0.2, -0.15) is 0 Å². The Hall–Kier alpha value is -2.01. The van der Waals surface area contributed by atoms with Crippen molar-refractivity contribution >= 4 is 32.8 Å². The first-order valence-electron chi connectivity index (χ1n) is 7.42. The summed E-state index contributed by atoms with van der Waals surface area (Å²) in [4.78, 5) is 13.1. The minimum atomic E-state index is 0.265. The molecule has 3 aromatic rings. The molecule has 4 rings (SSSR count). The van der Waals surface area contributed by atoms with Crippen LogP contribution in [-0.2, 0) is 6.42 Å². The second-order valence-corrected chi connectivity index (χ2v) is 6.44. The zero-order valence-corrected chi connectivity index (χ0v) is 13.5. The Morgan fingerprint density at radius 3 is 3.05 bits per heavy atom. The van der Waals surface area contributed by atoms with Gasteiger partial charge in [0, 0.05) is 10.7 Å². The van der Waals surface area contributed by atoms with E-state index in [0.29, 0.717) is 0 Å². The van der Waals surface area contributed by atoms with E-state index in [4.69, 9.17) is 0 Å². The van der Waals surface area contributed by atoms with Crippen molar-refractivity contribution in [1.82, 2.24) is 15.0 Å². The lowest BCUT2D eigenvalue weighted by atomic mass is 9.88. The summed E-state index contributed by atoms with van der Waals surface area (Å²) in [6, 6.07) is 10.7. The predicted molar refractivity (Wildman–Crippen MR) is 90.8 cm³/mol. The summed E-state index contributed by atoms with van der Waals surface area (Å²) in [6.07, 6.45) is 6.80. The van der Waals surface area contributed by atoms with Crippen molar-refractivity contribution in [2.45, 2.75) is 25.3 Å². The Morgan fingerprint density at radius 1 is 1.14 bits per heavy atom. The van der Waals surface area contributed by atoms with Gasteiger partial charge in [0.2, 0.25) is 0 Å². The molecule has 110 valence electrons. The number of benzene rings is 1. The second kappa shape index (κ2) is 5.65. The normalized spacial score (nSPS) is 17.2. The fourth-order valence-electron chi connectivity index (χ4n) is 3.08. The number of hydrogen-bond acceptors (Lipinski definition) is 4. The van der Waals surface area contributed by atoms with Crippen LogP contribution in [-0.4, -0.2) is 15.0 Å². The molecule has 1 unspecified atom stereocenters. The molecular weight excluding hydrogens is 340 g/mol. The van der Waals surface area contributed by atoms with Crippen molar-refractivity contribution in [3.63, 3.8) is 0 Å². The Balaban J connectivity index is 1.74. The van der Waals surface area contributed by atoms with E-state index in [9.17, 15) is 0 Å². The van der Waals surface area contributed by atoms with E-state index in [2.05, 4.69) is 54.4 Å². The maximum Gasteiger partial charge on any atom is 0.156 e. The smallest absolute Gasteiger partial charge is 0.156 e. The summed E-state index contributed by atoms with van der Waals surface area (Å²) in [7, 11) is 0. The molecule has 0 fully saturated rings. The molecule has 0 bridgehead atoms. The average Bonchev–Trinajstić information content (AvgIpc) is 2.56. The minimum Gasteiger partial charge on any atom is -0.361 e. The molecule has 1 aromatic carbocycles. The van der Waals surface area contributed by atoms with Crippen LogP contribution in [0.3, 0.4) is 0 Å². The van der Waals surface area contributed by atoms with Crippen LogP contribution in [0.15, 0.2) is 47.3 Å². The number of fused-ring (bicyclic) bond motifs is 2. The third kappa shape index (κ3) is 2.46. The third-order valence-corrected chi connectivity index (χ3v) is 4.62. The molecule has 0 aliphatic heterocycles. The van der Waals surface area contributed by atoms with Crippen LogP contribution in [0.1, 0.15) is 30.0 Å². The molecular formula is C17H15BrN4. The monoisotopic (exact) mass is 354 g/mol. The van der Waals surface area contributed by atoms with Gasteiger partial charge in [-0.05, 0) is 54.7 Å². The second-order valence-electron chi connectivity index (χ2n) is 5.53. The number of nitrogens with zero attached hydrogens (tertiary/aromatic N) is 3. The molecule has 4 nitrogen and oxygen atoms in total. The Labute approximate surface area is 137 Å². The molecule has 0 spiro atoms. The quantitative estimate of drug-likeness (QED) is 0.746. The topological polar surface area (TPSA) is 50.7 Å². The van der Waals surface area contributed by atoms with Crippen molar-refractivity contribution < 1.29 is 0 Å². The number of halogens is 1. The lowest BCUT2D eigenvalue weighted by Gasteiger charge is -2.27. The van der Waals surface area contributed by atoms with Gasteiger partial charge in [0.25, 0.3) is 0 Å². The largest absolute Gasteiger partial charge is 0.361 e. The van der Waals surface area contributed by atoms with Crippen molar-refractivity contribution in [2.75, 3.05) is 5.32 Å². The van der Waals surface area contributed by atoms with Crippen LogP contribution in [0.2, 0.25) is 0 Å². The van der Waals surface area contributed by atoms with E-state index in [1.807, 2.05) is 12.1 Å². The number of aryl methyl sites for hydroxylation is 1. The van der Waals surface area contributed by atoms with Gasteiger partial charge in [-0.1, -0.05) is 22.0 Å². The number of hydrogen-bond donors (Lipinski definition) is 1. The first kappa shape index (κ1) is 13.6. The van der Waals surface area contributed by atoms with E-state index in [1.54, 1.807) is 12.5 Å². The van der Waals surface area contributed by atoms with Crippen LogP contribution in [0.25, 0.3) is 11.0 Å². The van der Waals surface area contributed by atoms with E-state index in [1.165, 1.54) is 17.5 Å². The zero-order valence-electron chi connectivity index (χ0n) is 12.0. The minimum absolute atomic E-state index is 0.265. The summed E-state index contributed by atoms with van der Waals surface area (Å²) < 4.78 is 1.12. The Bertz CT molecular complexity index is 829. The molecule has 1 aliphatic carbocycles. The highest BCUT2D eigenvalue weighted by Gasteiger charge is 2.21. The van der Waals surface area contributed by atoms with Gasteiger partial charge >= 0.3 is 0 Å². The molecule has 0 saturated carbocycles. The summed E-state index contributed by atoms with van der Waals surface area (Å²) >= 11 is 3.58. The molecule has 1 N–H and O–H groups in total. The number of nitrogens with one attached hydrogen (secondary N) is 1. The average molecular weight is 355 g/mol. The van der Waals surface area contributed by atoms with Crippen LogP contribution in [0, 0.1) is 0 Å². The van der Waals surface area contributed by atoms with Gasteiger partial charge in [-0.15, -0.1) is 0 Å². The van der Waals surface area contributed by atoms with Gasteiger partial charge in [-0.25, -0.2) is 9.97 Å². The molecule has 1 atom stereocenters. The van der Waals surface area contributed by atoms with Crippen molar-refractivity contribution in [2.24, 2.45) is 0 Å². The first-order chi connectivity index (χ1) is 10.8. The van der Waals surface area contributed by atoms with Crippen LogP contribution in [0.4, 0.5) is 5.82 Å². The first-order valence-corrected chi connectivity index (χ1v) is 8.21. The fourth-order valence-corrected chi connectivity index (χ4v) is 3.46. The fraction of sp³-hybridized carbons (Fsp3) is 0.235. The number of rotatable bonds is 2. The Kier molecular flexibility index (Phi) is 3.50. The maximum absolute atomic E-state index is 4.42. The van der Waals surface area contributed by atoms with Gasteiger partial charge in [-0.3, -0.25) is 4.98 Å². The van der Waals surface area contributed by atoms with Crippen molar-refractivity contribution in [1.29, 1.82) is 0 Å². The van der Waals surface area contributed by atoms with E-state index in [0.717, 1.165) is 34.2 Å². The molecule has 2 aromatic heterocycles. The molecule has 1 aliphatic rings. The highest BCUT2D eigenvalue weighted by molar-refractivity contribution is 9.10. The van der Waals surface area contributed by atoms with Crippen LogP contribution >= 0.6 is 15.9 Å². The predicted octanol–water partition coefficient (Wildman–Crippen LogP) is 4.28. The standard InChI is InChI=1S/C17H15BrN4/c18-12-7-6-11-3-1-4-14(13(11)9-12)22-17-16-15(20-10-21-17)5-2-8-19-16/h2,5-10,14H,1,3-4H2,(H,20,21,22). The molecule has 0 radical (unpaired) electrons. The van der Waals surface area contributed by atoms with Crippen molar-refractivity contribution in [3.05, 3.63) is 58.5 Å². The lowest BCUT2D eigenvalue weighted by molar-refractivity contribution is 0.598. The van der Waals surface area contributed by atoms with Gasteiger partial charge in [0.15, 0.2) is 5.82 Å². The van der Waals surface area contributed by atoms with Gasteiger partial charge in [0.05, 0.1) is 11.6 Å². The number of aromatic nitrogens is 3. The van der Waals surface area contributed by atoms with Gasteiger partial charge < -0.3 is 5.32 Å². The third-order valence-electron chi connectivity index (χ3n) is 4.13. The molecule has 0 saturated heterocycles. The summed E-state index contributed by atoms with van der Waals surface area (Å²) in [6.45, 7) is 0. The lowest BCUT2D eigenvalue weighted by Crippen LogP contribution is -2.18. The van der Waals surface area contributed by atoms with Crippen LogP contribution < -0.4 is 5.32 Å². The van der Waals surface area contributed by atoms with E-state index in [-0.39, 0.29) is 6.04 Å². The maximum atomic E-state index is 4.42. The summed E-state index contributed by atoms with van der Waals surface area (Å²) in [5.41, 5.74) is 4.46. The number of anilines is 1.